The van der Waals surface area contributed by atoms with Gasteiger partial charge in [0.15, 0.2) is 0 Å². The number of carboxylic acid groups (broad SMARTS) is 1. The second kappa shape index (κ2) is 11.6. The first-order chi connectivity index (χ1) is 13.7. The molecule has 0 saturated carbocycles. The standard InChI is InChI=1S/C17H24N4O8/c18-11(7-22)15(26)19-6-14(25)20-12(5-9-1-3-10(24)4-2-9)16(27)21-13(8-23)17(28)29/h1-4,11-13,22-24H,5-8,18H2,(H,19,26)(H,20,25)(H,21,27)(H,28,29). The molecular formula is C17H24N4O8. The monoisotopic (exact) mass is 412 g/mol. The molecule has 1 aromatic rings. The predicted octanol–water partition coefficient (Wildman–Crippen LogP) is -3.58. The van der Waals surface area contributed by atoms with Crippen molar-refractivity contribution in [3.05, 3.63) is 29.8 Å². The van der Waals surface area contributed by atoms with E-state index in [-0.39, 0.29) is 12.2 Å². The van der Waals surface area contributed by atoms with Crippen LogP contribution in [0.4, 0.5) is 0 Å². The van der Waals surface area contributed by atoms with Crippen molar-refractivity contribution in [1.29, 1.82) is 0 Å². The summed E-state index contributed by atoms with van der Waals surface area (Å²) in [5, 5.41) is 42.8. The zero-order valence-electron chi connectivity index (χ0n) is 15.4. The van der Waals surface area contributed by atoms with Gasteiger partial charge in [-0.2, -0.15) is 0 Å². The molecule has 0 aliphatic carbocycles. The Balaban J connectivity index is 2.84. The number of benzene rings is 1. The molecule has 0 saturated heterocycles. The summed E-state index contributed by atoms with van der Waals surface area (Å²) in [5.74, 6) is -3.87. The fourth-order valence-corrected chi connectivity index (χ4v) is 2.16. The number of phenols is 1. The third-order valence-electron chi connectivity index (χ3n) is 3.78. The molecule has 3 amide bonds. The van der Waals surface area contributed by atoms with Gasteiger partial charge in [0.1, 0.15) is 23.9 Å². The molecule has 0 aliphatic heterocycles. The van der Waals surface area contributed by atoms with E-state index in [1.165, 1.54) is 24.3 Å². The summed E-state index contributed by atoms with van der Waals surface area (Å²) < 4.78 is 0. The van der Waals surface area contributed by atoms with Crippen molar-refractivity contribution in [2.24, 2.45) is 5.73 Å². The van der Waals surface area contributed by atoms with E-state index in [1.54, 1.807) is 0 Å². The highest BCUT2D eigenvalue weighted by Gasteiger charge is 2.26. The number of amides is 3. The number of carbonyl (C=O) groups is 4. The Labute approximate surface area is 165 Å². The van der Waals surface area contributed by atoms with Crippen LogP contribution in [0, 0.1) is 0 Å². The number of carbonyl (C=O) groups excluding carboxylic acids is 3. The van der Waals surface area contributed by atoms with Gasteiger partial charge in [-0.25, -0.2) is 4.79 Å². The average molecular weight is 412 g/mol. The third-order valence-corrected chi connectivity index (χ3v) is 3.78. The molecule has 0 heterocycles. The lowest BCUT2D eigenvalue weighted by Gasteiger charge is -2.21. The van der Waals surface area contributed by atoms with Gasteiger partial charge in [0.25, 0.3) is 0 Å². The van der Waals surface area contributed by atoms with Gasteiger partial charge in [-0.15, -0.1) is 0 Å². The summed E-state index contributed by atoms with van der Waals surface area (Å²) in [4.78, 5) is 47.0. The Hall–Kier alpha value is -3.22. The van der Waals surface area contributed by atoms with Crippen molar-refractivity contribution in [3.63, 3.8) is 0 Å². The predicted molar refractivity (Wildman–Crippen MR) is 98.5 cm³/mol. The van der Waals surface area contributed by atoms with Gasteiger partial charge < -0.3 is 42.1 Å². The average Bonchev–Trinajstić information content (AvgIpc) is 2.70. The molecular weight excluding hydrogens is 388 g/mol. The van der Waals surface area contributed by atoms with E-state index in [9.17, 15) is 24.3 Å². The number of carboxylic acids is 1. The van der Waals surface area contributed by atoms with Crippen molar-refractivity contribution in [2.75, 3.05) is 19.8 Å². The van der Waals surface area contributed by atoms with E-state index in [2.05, 4.69) is 16.0 Å². The van der Waals surface area contributed by atoms with Crippen molar-refractivity contribution in [3.8, 4) is 5.75 Å². The Morgan fingerprint density at radius 1 is 0.931 bits per heavy atom. The number of nitrogens with one attached hydrogen (secondary N) is 3. The molecule has 1 aromatic carbocycles. The first-order valence-electron chi connectivity index (χ1n) is 8.53. The normalized spacial score (nSPS) is 13.6. The second-order valence-corrected chi connectivity index (χ2v) is 6.08. The molecule has 0 aromatic heterocycles. The lowest BCUT2D eigenvalue weighted by molar-refractivity contribution is -0.143. The lowest BCUT2D eigenvalue weighted by Crippen LogP contribution is -2.55. The fraction of sp³-hybridized carbons (Fsp3) is 0.412. The van der Waals surface area contributed by atoms with Gasteiger partial charge in [0, 0.05) is 6.42 Å². The molecule has 29 heavy (non-hydrogen) atoms. The van der Waals surface area contributed by atoms with Crippen LogP contribution in [0.25, 0.3) is 0 Å². The number of phenolic OH excluding ortho intramolecular Hbond substituents is 1. The zero-order chi connectivity index (χ0) is 22.0. The van der Waals surface area contributed by atoms with Crippen LogP contribution >= 0.6 is 0 Å². The second-order valence-electron chi connectivity index (χ2n) is 6.08. The van der Waals surface area contributed by atoms with Crippen molar-refractivity contribution in [1.82, 2.24) is 16.0 Å². The quantitative estimate of drug-likeness (QED) is 0.180. The van der Waals surface area contributed by atoms with Gasteiger partial charge in [0.05, 0.1) is 19.8 Å². The molecule has 0 aliphatic rings. The minimum absolute atomic E-state index is 0.00653. The van der Waals surface area contributed by atoms with Crippen molar-refractivity contribution >= 4 is 23.7 Å². The molecule has 160 valence electrons. The number of aliphatic hydroxyl groups is 2. The number of hydrogen-bond acceptors (Lipinski definition) is 8. The van der Waals surface area contributed by atoms with Gasteiger partial charge in [-0.3, -0.25) is 14.4 Å². The van der Waals surface area contributed by atoms with Crippen LogP contribution in [0.15, 0.2) is 24.3 Å². The zero-order valence-corrected chi connectivity index (χ0v) is 15.4. The van der Waals surface area contributed by atoms with E-state index in [0.717, 1.165) is 0 Å². The summed E-state index contributed by atoms with van der Waals surface area (Å²) >= 11 is 0. The van der Waals surface area contributed by atoms with E-state index in [0.29, 0.717) is 5.56 Å². The van der Waals surface area contributed by atoms with E-state index < -0.39 is 61.6 Å². The number of aromatic hydroxyl groups is 1. The highest BCUT2D eigenvalue weighted by atomic mass is 16.4. The Kier molecular flexibility index (Phi) is 9.51. The highest BCUT2D eigenvalue weighted by Crippen LogP contribution is 2.11. The molecule has 3 unspecified atom stereocenters. The van der Waals surface area contributed by atoms with E-state index in [1.807, 2.05) is 0 Å². The minimum Gasteiger partial charge on any atom is -0.508 e. The molecule has 3 atom stereocenters. The molecule has 0 bridgehead atoms. The largest absolute Gasteiger partial charge is 0.508 e. The van der Waals surface area contributed by atoms with Gasteiger partial charge >= 0.3 is 5.97 Å². The van der Waals surface area contributed by atoms with Gasteiger partial charge in [-0.05, 0) is 17.7 Å². The Morgan fingerprint density at radius 3 is 2.07 bits per heavy atom. The number of rotatable bonds is 11. The molecule has 1 rings (SSSR count). The number of aliphatic carboxylic acids is 1. The summed E-state index contributed by atoms with van der Waals surface area (Å²) in [6.45, 7) is -2.00. The minimum atomic E-state index is -1.57. The highest BCUT2D eigenvalue weighted by molar-refractivity contribution is 5.92. The fourth-order valence-electron chi connectivity index (χ4n) is 2.16. The van der Waals surface area contributed by atoms with Gasteiger partial charge in [0.2, 0.25) is 17.7 Å². The molecule has 12 nitrogen and oxygen atoms in total. The van der Waals surface area contributed by atoms with Crippen LogP contribution in [0.2, 0.25) is 0 Å². The Bertz CT molecular complexity index is 725. The maximum atomic E-state index is 12.4. The van der Waals surface area contributed by atoms with Gasteiger partial charge in [-0.1, -0.05) is 12.1 Å². The summed E-state index contributed by atoms with van der Waals surface area (Å²) in [5.41, 5.74) is 5.85. The SMILES string of the molecule is NC(CO)C(=O)NCC(=O)NC(Cc1ccc(O)cc1)C(=O)NC(CO)C(=O)O. The van der Waals surface area contributed by atoms with Crippen LogP contribution in [0.1, 0.15) is 5.56 Å². The molecule has 9 N–H and O–H groups in total. The summed E-state index contributed by atoms with van der Waals surface area (Å²) in [6.07, 6.45) is -0.0558. The molecule has 0 radical (unpaired) electrons. The van der Waals surface area contributed by atoms with E-state index in [4.69, 9.17) is 21.1 Å². The molecule has 0 fully saturated rings. The van der Waals surface area contributed by atoms with Crippen LogP contribution in [-0.4, -0.2) is 82.0 Å². The number of hydrogen-bond donors (Lipinski definition) is 8. The lowest BCUT2D eigenvalue weighted by atomic mass is 10.0. The molecule has 12 heteroatoms. The smallest absolute Gasteiger partial charge is 0.328 e. The van der Waals surface area contributed by atoms with Crippen LogP contribution in [0.5, 0.6) is 5.75 Å². The summed E-state index contributed by atoms with van der Waals surface area (Å²) in [7, 11) is 0. The topological polar surface area (TPSA) is 211 Å². The van der Waals surface area contributed by atoms with Crippen LogP contribution in [-0.2, 0) is 25.6 Å². The van der Waals surface area contributed by atoms with Crippen molar-refractivity contribution < 1.29 is 39.6 Å². The first-order valence-corrected chi connectivity index (χ1v) is 8.53. The third kappa shape index (κ3) is 8.13. The molecule has 0 spiro atoms. The maximum Gasteiger partial charge on any atom is 0.328 e. The van der Waals surface area contributed by atoms with Crippen molar-refractivity contribution in [2.45, 2.75) is 24.5 Å². The number of nitrogens with two attached hydrogens (primary N) is 1. The van der Waals surface area contributed by atoms with E-state index >= 15 is 0 Å². The van der Waals surface area contributed by atoms with Crippen LogP contribution in [0.3, 0.4) is 0 Å². The first kappa shape index (κ1) is 23.8. The van der Waals surface area contributed by atoms with Crippen LogP contribution < -0.4 is 21.7 Å². The summed E-state index contributed by atoms with van der Waals surface area (Å²) in [6, 6.07) is 1.75. The number of aliphatic hydroxyl groups excluding tert-OH is 2. The Morgan fingerprint density at radius 2 is 1.55 bits per heavy atom. The maximum absolute atomic E-state index is 12.4.